The van der Waals surface area contributed by atoms with E-state index < -0.39 is 0 Å². The number of carbonyl (C=O) groups excluding carboxylic acids is 2. The zero-order valence-corrected chi connectivity index (χ0v) is 15.8. The molecule has 3 saturated heterocycles. The average molecular weight is 375 g/mol. The Balaban J connectivity index is 1.29. The number of rotatable bonds is 3. The van der Waals surface area contributed by atoms with Gasteiger partial charge in [-0.25, -0.2) is 0 Å². The van der Waals surface area contributed by atoms with Crippen molar-refractivity contribution >= 4 is 11.8 Å². The van der Waals surface area contributed by atoms with Gasteiger partial charge in [0.2, 0.25) is 5.91 Å². The number of nitrogens with one attached hydrogen (secondary N) is 1. The van der Waals surface area contributed by atoms with Crippen LogP contribution in [0.3, 0.4) is 0 Å². The highest BCUT2D eigenvalue weighted by molar-refractivity contribution is 5.92. The lowest BCUT2D eigenvalue weighted by Crippen LogP contribution is -2.53. The third-order valence-electron chi connectivity index (χ3n) is 6.12. The van der Waals surface area contributed by atoms with E-state index in [1.165, 1.54) is 0 Å². The summed E-state index contributed by atoms with van der Waals surface area (Å²) in [6.07, 6.45) is 5.62. The summed E-state index contributed by atoms with van der Waals surface area (Å²) < 4.78 is 5.37. The smallest absolute Gasteiger partial charge is 0.271 e. The molecule has 0 aliphatic carbocycles. The highest BCUT2D eigenvalue weighted by atomic mass is 16.5. The molecular weight excluding hydrogens is 346 g/mol. The fourth-order valence-electron chi connectivity index (χ4n) is 4.56. The van der Waals surface area contributed by atoms with Gasteiger partial charge in [0.15, 0.2) is 0 Å². The lowest BCUT2D eigenvalue weighted by atomic mass is 9.92. The van der Waals surface area contributed by atoms with Gasteiger partial charge in [0.25, 0.3) is 5.91 Å². The van der Waals surface area contributed by atoms with Gasteiger partial charge < -0.3 is 14.5 Å². The third kappa shape index (κ3) is 4.16. The highest BCUT2D eigenvalue weighted by Crippen LogP contribution is 2.25. The van der Waals surface area contributed by atoms with Crippen molar-refractivity contribution in [2.75, 3.05) is 52.5 Å². The SMILES string of the molecule is O=C(c1ccn[nH]1)N1CCC(N2CCC[C@H](C(=O)N3CCOCC3)C2)CC1. The number of likely N-dealkylation sites (tertiary alicyclic amines) is 2. The van der Waals surface area contributed by atoms with Crippen LogP contribution in [0.2, 0.25) is 0 Å². The van der Waals surface area contributed by atoms with Gasteiger partial charge in [0.1, 0.15) is 5.69 Å². The molecule has 1 aromatic heterocycles. The lowest BCUT2D eigenvalue weighted by Gasteiger charge is -2.43. The van der Waals surface area contributed by atoms with Crippen molar-refractivity contribution in [2.45, 2.75) is 31.7 Å². The minimum atomic E-state index is 0.0324. The molecule has 0 spiro atoms. The minimum absolute atomic E-state index is 0.0324. The molecule has 3 aliphatic heterocycles. The van der Waals surface area contributed by atoms with Gasteiger partial charge in [0.05, 0.1) is 19.1 Å². The van der Waals surface area contributed by atoms with Gasteiger partial charge in [-0.2, -0.15) is 5.10 Å². The summed E-state index contributed by atoms with van der Waals surface area (Å²) in [6, 6.07) is 2.19. The van der Waals surface area contributed by atoms with Crippen LogP contribution in [0, 0.1) is 5.92 Å². The summed E-state index contributed by atoms with van der Waals surface area (Å²) >= 11 is 0. The predicted octanol–water partition coefficient (Wildman–Crippen LogP) is 0.585. The molecule has 148 valence electrons. The number of ether oxygens (including phenoxy) is 1. The Labute approximate surface area is 159 Å². The molecule has 8 nitrogen and oxygen atoms in total. The molecule has 8 heteroatoms. The van der Waals surface area contributed by atoms with Crippen molar-refractivity contribution in [2.24, 2.45) is 5.92 Å². The third-order valence-corrected chi connectivity index (χ3v) is 6.12. The number of carbonyl (C=O) groups is 2. The van der Waals surface area contributed by atoms with Crippen molar-refractivity contribution in [3.8, 4) is 0 Å². The molecule has 3 aliphatic rings. The molecule has 27 heavy (non-hydrogen) atoms. The Morgan fingerprint density at radius 1 is 1.04 bits per heavy atom. The van der Waals surface area contributed by atoms with Crippen LogP contribution in [0.4, 0.5) is 0 Å². The maximum Gasteiger partial charge on any atom is 0.271 e. The average Bonchev–Trinajstić information content (AvgIpc) is 3.28. The summed E-state index contributed by atoms with van der Waals surface area (Å²) in [6.45, 7) is 6.21. The molecule has 1 aromatic rings. The van der Waals surface area contributed by atoms with Crippen molar-refractivity contribution in [1.29, 1.82) is 0 Å². The number of aromatic amines is 1. The van der Waals surface area contributed by atoms with Crippen LogP contribution in [-0.2, 0) is 9.53 Å². The van der Waals surface area contributed by atoms with Crippen LogP contribution in [0.1, 0.15) is 36.2 Å². The van der Waals surface area contributed by atoms with E-state index in [9.17, 15) is 9.59 Å². The standard InChI is InChI=1S/C19H29N5O3/c25-18(23-10-12-27-13-11-23)15-2-1-7-24(14-15)16-4-8-22(9-5-16)19(26)17-3-6-20-21-17/h3,6,15-16H,1-2,4-5,7-14H2,(H,20,21)/t15-/m0/s1. The van der Waals surface area contributed by atoms with E-state index in [0.29, 0.717) is 30.9 Å². The molecule has 0 saturated carbocycles. The number of amides is 2. The van der Waals surface area contributed by atoms with E-state index in [1.54, 1.807) is 12.3 Å². The van der Waals surface area contributed by atoms with E-state index >= 15 is 0 Å². The Bertz CT molecular complexity index is 636. The lowest BCUT2D eigenvalue weighted by molar-refractivity contribution is -0.141. The van der Waals surface area contributed by atoms with Crippen LogP contribution in [0.5, 0.6) is 0 Å². The quantitative estimate of drug-likeness (QED) is 0.836. The fourth-order valence-corrected chi connectivity index (χ4v) is 4.56. The normalized spacial score (nSPS) is 25.6. The highest BCUT2D eigenvalue weighted by Gasteiger charge is 2.34. The Morgan fingerprint density at radius 3 is 2.52 bits per heavy atom. The van der Waals surface area contributed by atoms with Crippen LogP contribution < -0.4 is 0 Å². The fraction of sp³-hybridized carbons (Fsp3) is 0.737. The van der Waals surface area contributed by atoms with Crippen LogP contribution in [0.15, 0.2) is 12.3 Å². The minimum Gasteiger partial charge on any atom is -0.378 e. The zero-order chi connectivity index (χ0) is 18.6. The number of piperidine rings is 2. The Morgan fingerprint density at radius 2 is 1.81 bits per heavy atom. The molecular formula is C19H29N5O3. The van der Waals surface area contributed by atoms with Crippen molar-refractivity contribution in [1.82, 2.24) is 24.9 Å². The first-order valence-electron chi connectivity index (χ1n) is 10.1. The predicted molar refractivity (Wildman–Crippen MR) is 99.2 cm³/mol. The summed E-state index contributed by atoms with van der Waals surface area (Å²) in [5.74, 6) is 0.446. The number of hydrogen-bond acceptors (Lipinski definition) is 5. The van der Waals surface area contributed by atoms with Crippen LogP contribution in [0.25, 0.3) is 0 Å². The number of aromatic nitrogens is 2. The van der Waals surface area contributed by atoms with E-state index in [4.69, 9.17) is 4.74 Å². The van der Waals surface area contributed by atoms with Crippen molar-refractivity contribution in [3.05, 3.63) is 18.0 Å². The molecule has 2 amide bonds. The molecule has 0 unspecified atom stereocenters. The van der Waals surface area contributed by atoms with Crippen LogP contribution >= 0.6 is 0 Å². The topological polar surface area (TPSA) is 81.8 Å². The maximum atomic E-state index is 12.8. The summed E-state index contributed by atoms with van der Waals surface area (Å²) in [7, 11) is 0. The van der Waals surface area contributed by atoms with Gasteiger partial charge in [-0.05, 0) is 38.3 Å². The van der Waals surface area contributed by atoms with Gasteiger partial charge in [-0.15, -0.1) is 0 Å². The van der Waals surface area contributed by atoms with E-state index in [1.807, 2.05) is 9.80 Å². The molecule has 0 bridgehead atoms. The number of nitrogens with zero attached hydrogens (tertiary/aromatic N) is 4. The Hall–Kier alpha value is -1.93. The number of hydrogen-bond donors (Lipinski definition) is 1. The first-order chi connectivity index (χ1) is 13.2. The molecule has 4 rings (SSSR count). The maximum absolute atomic E-state index is 12.8. The second-order valence-electron chi connectivity index (χ2n) is 7.77. The van der Waals surface area contributed by atoms with Crippen molar-refractivity contribution < 1.29 is 14.3 Å². The summed E-state index contributed by atoms with van der Waals surface area (Å²) in [5, 5.41) is 6.62. The second-order valence-corrected chi connectivity index (χ2v) is 7.77. The number of H-pyrrole nitrogens is 1. The van der Waals surface area contributed by atoms with Gasteiger partial charge in [-0.1, -0.05) is 0 Å². The van der Waals surface area contributed by atoms with Crippen LogP contribution in [-0.4, -0.2) is 95.2 Å². The second kappa shape index (κ2) is 8.39. The van der Waals surface area contributed by atoms with E-state index in [-0.39, 0.29) is 11.8 Å². The molecule has 4 heterocycles. The van der Waals surface area contributed by atoms with Gasteiger partial charge in [-0.3, -0.25) is 19.6 Å². The van der Waals surface area contributed by atoms with E-state index in [2.05, 4.69) is 15.1 Å². The first kappa shape index (κ1) is 18.4. The molecule has 1 atom stereocenters. The summed E-state index contributed by atoms with van der Waals surface area (Å²) in [5.41, 5.74) is 0.558. The zero-order valence-electron chi connectivity index (χ0n) is 15.8. The molecule has 3 fully saturated rings. The molecule has 0 aromatic carbocycles. The number of morpholine rings is 1. The molecule has 0 radical (unpaired) electrons. The molecule has 1 N–H and O–H groups in total. The van der Waals surface area contributed by atoms with Gasteiger partial charge in [0, 0.05) is 45.0 Å². The van der Waals surface area contributed by atoms with E-state index in [0.717, 1.165) is 65.0 Å². The van der Waals surface area contributed by atoms with Crippen molar-refractivity contribution in [3.63, 3.8) is 0 Å². The summed E-state index contributed by atoms with van der Waals surface area (Å²) in [4.78, 5) is 31.6. The largest absolute Gasteiger partial charge is 0.378 e. The Kier molecular flexibility index (Phi) is 5.73. The van der Waals surface area contributed by atoms with Gasteiger partial charge >= 0.3 is 0 Å². The monoisotopic (exact) mass is 375 g/mol. The first-order valence-corrected chi connectivity index (χ1v) is 10.1.